The second-order valence-corrected chi connectivity index (χ2v) is 5.15. The van der Waals surface area contributed by atoms with Gasteiger partial charge in [-0.1, -0.05) is 11.8 Å². The fraction of sp³-hybridized carbons (Fsp3) is 0. The Morgan fingerprint density at radius 2 is 1.72 bits per heavy atom. The molecular formula is C20H12F2N2O. The molecule has 1 amide bonds. The Bertz CT molecular complexity index is 958. The monoisotopic (exact) mass is 334 g/mol. The summed E-state index contributed by atoms with van der Waals surface area (Å²) in [6.07, 6.45) is 3.25. The van der Waals surface area contributed by atoms with Crippen LogP contribution in [0.15, 0.2) is 67.0 Å². The second-order valence-electron chi connectivity index (χ2n) is 5.15. The lowest BCUT2D eigenvalue weighted by Crippen LogP contribution is -2.14. The third-order valence-corrected chi connectivity index (χ3v) is 3.33. The normalized spacial score (nSPS) is 9.84. The second kappa shape index (κ2) is 7.37. The lowest BCUT2D eigenvalue weighted by molar-refractivity contribution is 0.102. The highest BCUT2D eigenvalue weighted by molar-refractivity contribution is 6.04. The van der Waals surface area contributed by atoms with E-state index in [2.05, 4.69) is 22.1 Å². The van der Waals surface area contributed by atoms with Crippen molar-refractivity contribution in [2.45, 2.75) is 0 Å². The molecule has 0 bridgehead atoms. The number of nitrogens with one attached hydrogen (secondary N) is 1. The number of hydrogen-bond acceptors (Lipinski definition) is 2. The number of carbonyl (C=O) groups excluding carboxylic acids is 1. The molecule has 1 aromatic heterocycles. The standard InChI is InChI=1S/C20H12F2N2O/c21-16-6-8-17(9-7-16)24-20(25)18-12-14(5-10-19(18)22)3-4-15-2-1-11-23-13-15/h1-2,5-13H,(H,24,25). The minimum absolute atomic E-state index is 0.137. The molecule has 3 nitrogen and oxygen atoms in total. The van der Waals surface area contributed by atoms with Gasteiger partial charge in [-0.15, -0.1) is 0 Å². The van der Waals surface area contributed by atoms with Gasteiger partial charge in [0.05, 0.1) is 5.56 Å². The number of anilines is 1. The van der Waals surface area contributed by atoms with Gasteiger partial charge in [-0.2, -0.15) is 0 Å². The van der Waals surface area contributed by atoms with Crippen LogP contribution in [-0.2, 0) is 0 Å². The van der Waals surface area contributed by atoms with Crippen molar-refractivity contribution < 1.29 is 13.6 Å². The van der Waals surface area contributed by atoms with E-state index in [-0.39, 0.29) is 5.56 Å². The SMILES string of the molecule is O=C(Nc1ccc(F)cc1)c1cc(C#Cc2cccnc2)ccc1F. The van der Waals surface area contributed by atoms with Gasteiger partial charge in [-0.05, 0) is 54.6 Å². The zero-order chi connectivity index (χ0) is 17.6. The topological polar surface area (TPSA) is 42.0 Å². The number of benzene rings is 2. The molecule has 3 rings (SSSR count). The first-order valence-corrected chi connectivity index (χ1v) is 7.40. The molecule has 0 saturated heterocycles. The fourth-order valence-corrected chi connectivity index (χ4v) is 2.09. The summed E-state index contributed by atoms with van der Waals surface area (Å²) in [7, 11) is 0. The number of hydrogen-bond donors (Lipinski definition) is 1. The molecule has 0 atom stereocenters. The third-order valence-electron chi connectivity index (χ3n) is 3.33. The van der Waals surface area contributed by atoms with Crippen molar-refractivity contribution in [2.24, 2.45) is 0 Å². The molecule has 0 saturated carbocycles. The van der Waals surface area contributed by atoms with Gasteiger partial charge in [0.15, 0.2) is 0 Å². The molecule has 0 aliphatic carbocycles. The molecule has 0 unspecified atom stereocenters. The van der Waals surface area contributed by atoms with E-state index in [1.807, 2.05) is 0 Å². The molecule has 1 heterocycles. The van der Waals surface area contributed by atoms with Crippen LogP contribution in [0, 0.1) is 23.5 Å². The van der Waals surface area contributed by atoms with E-state index in [4.69, 9.17) is 0 Å². The minimum atomic E-state index is -0.661. The number of rotatable bonds is 2. The summed E-state index contributed by atoms with van der Waals surface area (Å²) < 4.78 is 26.9. The Hall–Kier alpha value is -3.52. The highest BCUT2D eigenvalue weighted by atomic mass is 19.1. The van der Waals surface area contributed by atoms with Crippen LogP contribution in [0.4, 0.5) is 14.5 Å². The summed E-state index contributed by atoms with van der Waals surface area (Å²) in [4.78, 5) is 16.2. The van der Waals surface area contributed by atoms with E-state index in [9.17, 15) is 13.6 Å². The van der Waals surface area contributed by atoms with Crippen molar-refractivity contribution in [3.63, 3.8) is 0 Å². The van der Waals surface area contributed by atoms with E-state index in [0.717, 1.165) is 0 Å². The first-order chi connectivity index (χ1) is 12.1. The number of nitrogens with zero attached hydrogens (tertiary/aromatic N) is 1. The predicted molar refractivity (Wildman–Crippen MR) is 91.0 cm³/mol. The molecule has 122 valence electrons. The van der Waals surface area contributed by atoms with Crippen LogP contribution < -0.4 is 5.32 Å². The van der Waals surface area contributed by atoms with Gasteiger partial charge in [0.1, 0.15) is 11.6 Å². The molecule has 0 aliphatic rings. The lowest BCUT2D eigenvalue weighted by Gasteiger charge is -2.06. The van der Waals surface area contributed by atoms with Crippen molar-refractivity contribution >= 4 is 11.6 Å². The molecule has 3 aromatic rings. The van der Waals surface area contributed by atoms with E-state index in [1.165, 1.54) is 42.5 Å². The molecule has 2 aromatic carbocycles. The van der Waals surface area contributed by atoms with Crippen LogP contribution in [0.25, 0.3) is 0 Å². The highest BCUT2D eigenvalue weighted by Crippen LogP contribution is 2.14. The van der Waals surface area contributed by atoms with Crippen molar-refractivity contribution in [1.82, 2.24) is 4.98 Å². The zero-order valence-electron chi connectivity index (χ0n) is 13.0. The van der Waals surface area contributed by atoms with Crippen molar-refractivity contribution in [1.29, 1.82) is 0 Å². The summed E-state index contributed by atoms with van der Waals surface area (Å²) >= 11 is 0. The highest BCUT2D eigenvalue weighted by Gasteiger charge is 2.12. The van der Waals surface area contributed by atoms with E-state index in [1.54, 1.807) is 24.5 Å². The van der Waals surface area contributed by atoms with Crippen molar-refractivity contribution in [2.75, 3.05) is 5.32 Å². The lowest BCUT2D eigenvalue weighted by atomic mass is 10.1. The average Bonchev–Trinajstić information content (AvgIpc) is 2.64. The van der Waals surface area contributed by atoms with Crippen LogP contribution in [0.2, 0.25) is 0 Å². The molecule has 25 heavy (non-hydrogen) atoms. The number of halogens is 2. The quantitative estimate of drug-likeness (QED) is 0.720. The summed E-state index contributed by atoms with van der Waals surface area (Å²) in [5.41, 5.74) is 1.44. The van der Waals surface area contributed by atoms with Crippen LogP contribution in [0.1, 0.15) is 21.5 Å². The average molecular weight is 334 g/mol. The Morgan fingerprint density at radius 1 is 0.960 bits per heavy atom. The summed E-state index contributed by atoms with van der Waals surface area (Å²) in [5.74, 6) is 4.05. The number of pyridine rings is 1. The number of aromatic nitrogens is 1. The van der Waals surface area contributed by atoms with Gasteiger partial charge >= 0.3 is 0 Å². The number of amides is 1. The zero-order valence-corrected chi connectivity index (χ0v) is 13.0. The maximum Gasteiger partial charge on any atom is 0.258 e. The van der Waals surface area contributed by atoms with Gasteiger partial charge < -0.3 is 5.32 Å². The Balaban J connectivity index is 1.83. The van der Waals surface area contributed by atoms with Crippen molar-refractivity contribution in [3.8, 4) is 11.8 Å². The first-order valence-electron chi connectivity index (χ1n) is 7.40. The molecule has 0 spiro atoms. The molecule has 0 aliphatic heterocycles. The van der Waals surface area contributed by atoms with Gasteiger partial charge in [-0.3, -0.25) is 9.78 Å². The van der Waals surface area contributed by atoms with Gasteiger partial charge in [-0.25, -0.2) is 8.78 Å². The van der Waals surface area contributed by atoms with Gasteiger partial charge in [0, 0.05) is 29.2 Å². The van der Waals surface area contributed by atoms with Gasteiger partial charge in [0.2, 0.25) is 0 Å². The van der Waals surface area contributed by atoms with E-state index in [0.29, 0.717) is 16.8 Å². The van der Waals surface area contributed by atoms with Crippen LogP contribution >= 0.6 is 0 Å². The van der Waals surface area contributed by atoms with Crippen LogP contribution in [0.5, 0.6) is 0 Å². The molecule has 0 radical (unpaired) electrons. The largest absolute Gasteiger partial charge is 0.322 e. The molecule has 5 heteroatoms. The van der Waals surface area contributed by atoms with Crippen molar-refractivity contribution in [3.05, 3.63) is 95.3 Å². The smallest absolute Gasteiger partial charge is 0.258 e. The molecule has 1 N–H and O–H groups in total. The molecule has 0 fully saturated rings. The first kappa shape index (κ1) is 16.3. The van der Waals surface area contributed by atoms with Crippen LogP contribution in [0.3, 0.4) is 0 Å². The van der Waals surface area contributed by atoms with Crippen LogP contribution in [-0.4, -0.2) is 10.9 Å². The molecular weight excluding hydrogens is 322 g/mol. The van der Waals surface area contributed by atoms with Gasteiger partial charge in [0.25, 0.3) is 5.91 Å². The maximum absolute atomic E-state index is 14.0. The summed E-state index contributed by atoms with van der Waals surface area (Å²) in [6.45, 7) is 0. The fourth-order valence-electron chi connectivity index (χ4n) is 2.09. The van der Waals surface area contributed by atoms with E-state index < -0.39 is 17.5 Å². The maximum atomic E-state index is 14.0. The summed E-state index contributed by atoms with van der Waals surface area (Å²) in [5, 5.41) is 2.52. The Kier molecular flexibility index (Phi) is 4.82. The third kappa shape index (κ3) is 4.27. The Morgan fingerprint density at radius 3 is 2.44 bits per heavy atom. The Labute approximate surface area is 143 Å². The summed E-state index contributed by atoms with van der Waals surface area (Å²) in [6, 6.07) is 12.8. The number of carbonyl (C=O) groups is 1. The predicted octanol–water partition coefficient (Wildman–Crippen LogP) is 4.01. The van der Waals surface area contributed by atoms with E-state index >= 15 is 0 Å². The minimum Gasteiger partial charge on any atom is -0.322 e.